The zero-order valence-electron chi connectivity index (χ0n) is 16.7. The molecule has 1 aliphatic rings. The first kappa shape index (κ1) is 21.5. The normalized spacial score (nSPS) is 15.0. The third-order valence-corrected chi connectivity index (χ3v) is 7.54. The van der Waals surface area contributed by atoms with Gasteiger partial charge < -0.3 is 5.32 Å². The van der Waals surface area contributed by atoms with Gasteiger partial charge >= 0.3 is 0 Å². The van der Waals surface area contributed by atoms with E-state index in [2.05, 4.69) is 15.3 Å². The minimum absolute atomic E-state index is 0.0323. The molecule has 1 aromatic carbocycles. The lowest BCUT2D eigenvalue weighted by Gasteiger charge is -2.26. The number of nitrogens with one attached hydrogen (secondary N) is 1. The lowest BCUT2D eigenvalue weighted by Crippen LogP contribution is -2.36. The Balaban J connectivity index is 1.46. The first-order valence-electron chi connectivity index (χ1n) is 9.96. The van der Waals surface area contributed by atoms with Gasteiger partial charge in [0.15, 0.2) is 0 Å². The molecular formula is C21H22ClN5O3S. The molecule has 3 heterocycles. The van der Waals surface area contributed by atoms with Crippen LogP contribution in [0, 0.1) is 0 Å². The van der Waals surface area contributed by atoms with E-state index in [4.69, 9.17) is 11.6 Å². The van der Waals surface area contributed by atoms with Gasteiger partial charge in [-0.2, -0.15) is 4.31 Å². The maximum absolute atomic E-state index is 13.0. The zero-order valence-corrected chi connectivity index (χ0v) is 18.3. The van der Waals surface area contributed by atoms with Crippen molar-refractivity contribution in [2.75, 3.05) is 13.1 Å². The second-order valence-electron chi connectivity index (χ2n) is 7.29. The van der Waals surface area contributed by atoms with E-state index in [1.165, 1.54) is 22.5 Å². The molecule has 10 heteroatoms. The summed E-state index contributed by atoms with van der Waals surface area (Å²) in [7, 11) is -3.74. The van der Waals surface area contributed by atoms with Gasteiger partial charge in [-0.05, 0) is 42.7 Å². The van der Waals surface area contributed by atoms with Crippen molar-refractivity contribution >= 4 is 27.5 Å². The standard InChI is InChI=1S/C21H22ClN5O3S/c22-18-6-5-17(12-19(18)31(29,30)27-9-2-1-3-10-27)21(28)25-14-16-4-7-20(24-13-16)26-11-8-23-15-26/h4-8,11-13,15H,1-3,9-10,14H2,(H,25,28). The van der Waals surface area contributed by atoms with Crippen molar-refractivity contribution < 1.29 is 13.2 Å². The molecule has 2 aromatic heterocycles. The number of piperidine rings is 1. The molecule has 0 unspecified atom stereocenters. The molecule has 3 aromatic rings. The number of hydrogen-bond acceptors (Lipinski definition) is 5. The second-order valence-corrected chi connectivity index (χ2v) is 9.60. The van der Waals surface area contributed by atoms with Crippen molar-refractivity contribution in [1.29, 1.82) is 0 Å². The van der Waals surface area contributed by atoms with Crippen molar-refractivity contribution in [1.82, 2.24) is 24.2 Å². The molecule has 4 rings (SSSR count). The third kappa shape index (κ3) is 4.79. The van der Waals surface area contributed by atoms with Crippen LogP contribution in [0.1, 0.15) is 35.2 Å². The molecule has 0 spiro atoms. The number of amides is 1. The number of imidazole rings is 1. The number of aromatic nitrogens is 3. The number of rotatable bonds is 6. The molecule has 1 amide bonds. The number of carbonyl (C=O) groups excluding carboxylic acids is 1. The van der Waals surface area contributed by atoms with E-state index >= 15 is 0 Å². The predicted octanol–water partition coefficient (Wildman–Crippen LogP) is 3.03. The average molecular weight is 460 g/mol. The van der Waals surface area contributed by atoms with Gasteiger partial charge in [0.2, 0.25) is 10.0 Å². The van der Waals surface area contributed by atoms with Crippen LogP contribution in [0.2, 0.25) is 5.02 Å². The number of sulfonamides is 1. The highest BCUT2D eigenvalue weighted by Crippen LogP contribution is 2.28. The quantitative estimate of drug-likeness (QED) is 0.611. The molecule has 162 valence electrons. The Hall–Kier alpha value is -2.75. The molecule has 1 N–H and O–H groups in total. The van der Waals surface area contributed by atoms with Crippen LogP contribution >= 0.6 is 11.6 Å². The lowest BCUT2D eigenvalue weighted by atomic mass is 10.2. The summed E-state index contributed by atoms with van der Waals surface area (Å²) in [6.07, 6.45) is 9.45. The number of benzene rings is 1. The second kappa shape index (κ2) is 9.17. The molecule has 1 fully saturated rings. The van der Waals surface area contributed by atoms with Gasteiger partial charge in [-0.3, -0.25) is 9.36 Å². The highest BCUT2D eigenvalue weighted by Gasteiger charge is 2.28. The lowest BCUT2D eigenvalue weighted by molar-refractivity contribution is 0.0950. The van der Waals surface area contributed by atoms with Crippen LogP contribution in [-0.4, -0.2) is 46.3 Å². The molecule has 1 aliphatic heterocycles. The summed E-state index contributed by atoms with van der Waals surface area (Å²) in [6, 6.07) is 8.01. The SMILES string of the molecule is O=C(NCc1ccc(-n2ccnc2)nc1)c1ccc(Cl)c(S(=O)(=O)N2CCCCC2)c1. The van der Waals surface area contributed by atoms with Gasteiger partial charge in [-0.15, -0.1) is 0 Å². The molecule has 1 saturated heterocycles. The fourth-order valence-corrected chi connectivity index (χ4v) is 5.46. The molecule has 0 radical (unpaired) electrons. The Morgan fingerprint density at radius 3 is 2.61 bits per heavy atom. The van der Waals surface area contributed by atoms with Crippen LogP contribution in [0.4, 0.5) is 0 Å². The van der Waals surface area contributed by atoms with E-state index in [1.54, 1.807) is 29.5 Å². The predicted molar refractivity (Wildman–Crippen MR) is 117 cm³/mol. The summed E-state index contributed by atoms with van der Waals surface area (Å²) < 4.78 is 29.2. The van der Waals surface area contributed by atoms with E-state index in [0.717, 1.165) is 30.6 Å². The summed E-state index contributed by atoms with van der Waals surface area (Å²) in [6.45, 7) is 1.20. The molecule has 0 aliphatic carbocycles. The van der Waals surface area contributed by atoms with Gasteiger partial charge in [0.25, 0.3) is 5.91 Å². The molecule has 31 heavy (non-hydrogen) atoms. The molecule has 8 nitrogen and oxygen atoms in total. The van der Waals surface area contributed by atoms with E-state index in [0.29, 0.717) is 13.1 Å². The minimum atomic E-state index is -3.74. The van der Waals surface area contributed by atoms with Crippen LogP contribution in [-0.2, 0) is 16.6 Å². The molecule has 0 atom stereocenters. The van der Waals surface area contributed by atoms with Crippen molar-refractivity contribution in [3.05, 3.63) is 71.4 Å². The summed E-state index contributed by atoms with van der Waals surface area (Å²) in [5, 5.41) is 2.91. The first-order valence-corrected chi connectivity index (χ1v) is 11.8. The fraction of sp³-hybridized carbons (Fsp3) is 0.286. The van der Waals surface area contributed by atoms with Crippen LogP contribution < -0.4 is 5.32 Å². The minimum Gasteiger partial charge on any atom is -0.348 e. The van der Waals surface area contributed by atoms with Gasteiger partial charge in [0.05, 0.1) is 5.02 Å². The molecule has 0 bridgehead atoms. The summed E-state index contributed by atoms with van der Waals surface area (Å²) in [5.41, 5.74) is 1.05. The number of nitrogens with zero attached hydrogens (tertiary/aromatic N) is 4. The summed E-state index contributed by atoms with van der Waals surface area (Å²) >= 11 is 6.18. The van der Waals surface area contributed by atoms with Crippen molar-refractivity contribution in [2.45, 2.75) is 30.7 Å². The van der Waals surface area contributed by atoms with Crippen molar-refractivity contribution in [3.8, 4) is 5.82 Å². The Morgan fingerprint density at radius 1 is 1.13 bits per heavy atom. The zero-order chi connectivity index (χ0) is 21.8. The highest BCUT2D eigenvalue weighted by atomic mass is 35.5. The molecule has 0 saturated carbocycles. The Kier molecular flexibility index (Phi) is 6.35. The highest BCUT2D eigenvalue weighted by molar-refractivity contribution is 7.89. The number of halogens is 1. The van der Waals surface area contributed by atoms with Crippen LogP contribution in [0.3, 0.4) is 0 Å². The van der Waals surface area contributed by atoms with Crippen LogP contribution in [0.5, 0.6) is 0 Å². The molecular weight excluding hydrogens is 438 g/mol. The van der Waals surface area contributed by atoms with Crippen LogP contribution in [0.25, 0.3) is 5.82 Å². The Morgan fingerprint density at radius 2 is 1.94 bits per heavy atom. The summed E-state index contributed by atoms with van der Waals surface area (Å²) in [5.74, 6) is 0.336. The number of hydrogen-bond donors (Lipinski definition) is 1. The topological polar surface area (TPSA) is 97.2 Å². The summed E-state index contributed by atoms with van der Waals surface area (Å²) in [4.78, 5) is 20.9. The van der Waals surface area contributed by atoms with Crippen LogP contribution in [0.15, 0.2) is 60.1 Å². The van der Waals surface area contributed by atoms with Crippen molar-refractivity contribution in [2.24, 2.45) is 0 Å². The largest absolute Gasteiger partial charge is 0.348 e. The van der Waals surface area contributed by atoms with Crippen molar-refractivity contribution in [3.63, 3.8) is 0 Å². The van der Waals surface area contributed by atoms with E-state index in [1.807, 2.05) is 12.1 Å². The van der Waals surface area contributed by atoms with E-state index < -0.39 is 10.0 Å². The Labute approximate surface area is 185 Å². The van der Waals surface area contributed by atoms with E-state index in [9.17, 15) is 13.2 Å². The number of carbonyl (C=O) groups is 1. The maximum atomic E-state index is 13.0. The fourth-order valence-electron chi connectivity index (χ4n) is 3.44. The third-order valence-electron chi connectivity index (χ3n) is 5.16. The maximum Gasteiger partial charge on any atom is 0.251 e. The van der Waals surface area contributed by atoms with Gasteiger partial charge in [0, 0.05) is 43.8 Å². The van der Waals surface area contributed by atoms with E-state index in [-0.39, 0.29) is 27.9 Å². The van der Waals surface area contributed by atoms with Gasteiger partial charge in [-0.25, -0.2) is 18.4 Å². The monoisotopic (exact) mass is 459 g/mol. The smallest absolute Gasteiger partial charge is 0.251 e. The number of pyridine rings is 1. The first-order chi connectivity index (χ1) is 14.9. The Bertz CT molecular complexity index is 1160. The average Bonchev–Trinajstić information content (AvgIpc) is 3.33. The van der Waals surface area contributed by atoms with Gasteiger partial charge in [-0.1, -0.05) is 24.1 Å². The van der Waals surface area contributed by atoms with Gasteiger partial charge in [0.1, 0.15) is 17.0 Å².